The number of phenolic OH excluding ortho intramolecular Hbond substituents is 1. The average Bonchev–Trinajstić information content (AvgIpc) is 2.60. The number of nitrogens with one attached hydrogen (secondary N) is 1. The number of benzene rings is 2. The molecule has 156 valence electrons. The topological polar surface area (TPSA) is 75.6 Å². The first kappa shape index (κ1) is 22.8. The number of methoxy groups -OCH3 is 1. The number of halogens is 1. The van der Waals surface area contributed by atoms with Gasteiger partial charge >= 0.3 is 5.97 Å². The van der Waals surface area contributed by atoms with Crippen LogP contribution in [0.15, 0.2) is 30.3 Å². The summed E-state index contributed by atoms with van der Waals surface area (Å²) in [5, 5.41) is 13.7. The van der Waals surface area contributed by atoms with Crippen LogP contribution in [0.1, 0.15) is 73.4 Å². The molecule has 0 saturated carbocycles. The number of carbonyl (C=O) groups excluding carboxylic acids is 2. The fourth-order valence-corrected chi connectivity index (χ4v) is 3.09. The van der Waals surface area contributed by atoms with Gasteiger partial charge in [-0.1, -0.05) is 59.2 Å². The van der Waals surface area contributed by atoms with Gasteiger partial charge in [0.25, 0.3) is 5.91 Å². The Morgan fingerprint density at radius 3 is 2.10 bits per heavy atom. The van der Waals surface area contributed by atoms with Gasteiger partial charge < -0.3 is 15.2 Å². The standard InChI is InChI=1S/C23H28ClNO4/c1-22(2,3)14-11-15(19(26)16(12-14)23(4,5)6)20(27)25-18-9-8-13(10-17(18)24)21(28)29-7/h8-12,26H,1-7H3,(H,25,27). The van der Waals surface area contributed by atoms with Crippen molar-refractivity contribution in [1.29, 1.82) is 0 Å². The Bertz CT molecular complexity index is 953. The van der Waals surface area contributed by atoms with E-state index < -0.39 is 11.9 Å². The molecule has 5 nitrogen and oxygen atoms in total. The summed E-state index contributed by atoms with van der Waals surface area (Å²) < 4.78 is 4.67. The van der Waals surface area contributed by atoms with Crippen LogP contribution in [0.5, 0.6) is 5.75 Å². The Hall–Kier alpha value is -2.53. The van der Waals surface area contributed by atoms with E-state index in [0.717, 1.165) is 5.56 Å². The first-order chi connectivity index (χ1) is 13.3. The van der Waals surface area contributed by atoms with Gasteiger partial charge in [0.1, 0.15) is 5.75 Å². The molecule has 0 spiro atoms. The number of hydrogen-bond donors (Lipinski definition) is 2. The first-order valence-electron chi connectivity index (χ1n) is 9.33. The number of ether oxygens (including phenoxy) is 1. The fourth-order valence-electron chi connectivity index (χ4n) is 2.86. The van der Waals surface area contributed by atoms with Gasteiger partial charge in [-0.15, -0.1) is 0 Å². The molecular formula is C23H28ClNO4. The lowest BCUT2D eigenvalue weighted by atomic mass is 9.79. The third-order valence-electron chi connectivity index (χ3n) is 4.67. The minimum absolute atomic E-state index is 0.0506. The first-order valence-corrected chi connectivity index (χ1v) is 9.70. The summed E-state index contributed by atoms with van der Waals surface area (Å²) in [5.74, 6) is -1.05. The maximum absolute atomic E-state index is 13.0. The van der Waals surface area contributed by atoms with Crippen LogP contribution in [0.2, 0.25) is 5.02 Å². The second-order valence-electron chi connectivity index (χ2n) is 9.06. The van der Waals surface area contributed by atoms with E-state index in [2.05, 4.69) is 30.8 Å². The van der Waals surface area contributed by atoms with E-state index in [4.69, 9.17) is 11.6 Å². The van der Waals surface area contributed by atoms with Crippen LogP contribution < -0.4 is 5.32 Å². The van der Waals surface area contributed by atoms with Gasteiger partial charge in [-0.25, -0.2) is 4.79 Å². The van der Waals surface area contributed by atoms with E-state index in [0.29, 0.717) is 11.3 Å². The lowest BCUT2D eigenvalue weighted by Crippen LogP contribution is -2.20. The molecule has 0 heterocycles. The summed E-state index contributed by atoms with van der Waals surface area (Å²) in [6.07, 6.45) is 0. The minimum atomic E-state index is -0.518. The highest BCUT2D eigenvalue weighted by atomic mass is 35.5. The highest BCUT2D eigenvalue weighted by molar-refractivity contribution is 6.34. The van der Waals surface area contributed by atoms with Gasteiger partial charge in [-0.05, 0) is 40.7 Å². The van der Waals surface area contributed by atoms with Crippen LogP contribution in [-0.4, -0.2) is 24.1 Å². The molecule has 2 N–H and O–H groups in total. The zero-order chi connectivity index (χ0) is 22.1. The van der Waals surface area contributed by atoms with Crippen molar-refractivity contribution >= 4 is 29.2 Å². The Morgan fingerprint density at radius 2 is 1.62 bits per heavy atom. The Morgan fingerprint density at radius 1 is 1.00 bits per heavy atom. The number of rotatable bonds is 3. The van der Waals surface area contributed by atoms with Crippen molar-refractivity contribution in [2.75, 3.05) is 12.4 Å². The predicted molar refractivity (Wildman–Crippen MR) is 116 cm³/mol. The normalized spacial score (nSPS) is 11.9. The van der Waals surface area contributed by atoms with Crippen LogP contribution in [-0.2, 0) is 15.6 Å². The molecule has 0 bridgehead atoms. The molecule has 0 aliphatic heterocycles. The van der Waals surface area contributed by atoms with E-state index in [1.54, 1.807) is 6.07 Å². The number of aromatic hydroxyl groups is 1. The zero-order valence-electron chi connectivity index (χ0n) is 17.9. The number of esters is 1. The van der Waals surface area contributed by atoms with Crippen LogP contribution in [0, 0.1) is 0 Å². The van der Waals surface area contributed by atoms with Crippen molar-refractivity contribution in [1.82, 2.24) is 0 Å². The molecule has 0 unspecified atom stereocenters. The second kappa shape index (κ2) is 8.07. The fraction of sp³-hybridized carbons (Fsp3) is 0.391. The largest absolute Gasteiger partial charge is 0.507 e. The quantitative estimate of drug-likeness (QED) is 0.630. The molecule has 2 aromatic rings. The molecule has 6 heteroatoms. The average molecular weight is 418 g/mol. The minimum Gasteiger partial charge on any atom is -0.507 e. The molecule has 0 radical (unpaired) electrons. The van der Waals surface area contributed by atoms with Gasteiger partial charge in [-0.2, -0.15) is 0 Å². The molecule has 29 heavy (non-hydrogen) atoms. The predicted octanol–water partition coefficient (Wildman–Crippen LogP) is 5.68. The monoisotopic (exact) mass is 417 g/mol. The molecule has 0 atom stereocenters. The summed E-state index contributed by atoms with van der Waals surface area (Å²) in [4.78, 5) is 24.6. The highest BCUT2D eigenvalue weighted by Gasteiger charge is 2.27. The molecule has 0 aliphatic rings. The number of hydrogen-bond acceptors (Lipinski definition) is 4. The molecular weight excluding hydrogens is 390 g/mol. The summed E-state index contributed by atoms with van der Waals surface area (Å²) in [5.41, 5.74) is 1.88. The van der Waals surface area contributed by atoms with Crippen LogP contribution in [0.4, 0.5) is 5.69 Å². The van der Waals surface area contributed by atoms with Gasteiger partial charge in [0, 0.05) is 5.56 Å². The Labute approximate surface area is 177 Å². The second-order valence-corrected chi connectivity index (χ2v) is 9.47. The Kier molecular flexibility index (Phi) is 6.33. The van der Waals surface area contributed by atoms with Crippen LogP contribution in [0.25, 0.3) is 0 Å². The molecule has 2 aromatic carbocycles. The van der Waals surface area contributed by atoms with E-state index in [1.165, 1.54) is 25.3 Å². The van der Waals surface area contributed by atoms with E-state index in [9.17, 15) is 14.7 Å². The van der Waals surface area contributed by atoms with Crippen LogP contribution >= 0.6 is 11.6 Å². The summed E-state index contributed by atoms with van der Waals surface area (Å²) in [6, 6.07) is 8.12. The third-order valence-corrected chi connectivity index (χ3v) is 4.98. The van der Waals surface area contributed by atoms with Gasteiger partial charge in [0.2, 0.25) is 0 Å². The van der Waals surface area contributed by atoms with Gasteiger partial charge in [0.15, 0.2) is 0 Å². The van der Waals surface area contributed by atoms with Gasteiger partial charge in [0.05, 0.1) is 28.9 Å². The van der Waals surface area contributed by atoms with Crippen molar-refractivity contribution in [2.24, 2.45) is 0 Å². The molecule has 0 saturated heterocycles. The lowest BCUT2D eigenvalue weighted by Gasteiger charge is -2.27. The van der Waals surface area contributed by atoms with Gasteiger partial charge in [-0.3, -0.25) is 4.79 Å². The number of phenols is 1. The highest BCUT2D eigenvalue weighted by Crippen LogP contribution is 2.38. The van der Waals surface area contributed by atoms with Crippen molar-refractivity contribution < 1.29 is 19.4 Å². The molecule has 0 aliphatic carbocycles. The van der Waals surface area contributed by atoms with Crippen molar-refractivity contribution in [3.05, 3.63) is 57.6 Å². The molecule has 2 rings (SSSR count). The van der Waals surface area contributed by atoms with Crippen molar-refractivity contribution in [2.45, 2.75) is 52.4 Å². The smallest absolute Gasteiger partial charge is 0.337 e. The lowest BCUT2D eigenvalue weighted by molar-refractivity contribution is 0.0600. The molecule has 0 aromatic heterocycles. The number of anilines is 1. The maximum atomic E-state index is 13.0. The number of carbonyl (C=O) groups is 2. The van der Waals surface area contributed by atoms with E-state index in [-0.39, 0.29) is 32.7 Å². The summed E-state index contributed by atoms with van der Waals surface area (Å²) in [7, 11) is 1.28. The maximum Gasteiger partial charge on any atom is 0.337 e. The SMILES string of the molecule is COC(=O)c1ccc(NC(=O)c2cc(C(C)(C)C)cc(C(C)(C)C)c2O)c(Cl)c1. The zero-order valence-corrected chi connectivity index (χ0v) is 18.7. The summed E-state index contributed by atoms with van der Waals surface area (Å²) >= 11 is 6.22. The van der Waals surface area contributed by atoms with Crippen LogP contribution in [0.3, 0.4) is 0 Å². The summed E-state index contributed by atoms with van der Waals surface area (Å²) in [6.45, 7) is 12.1. The Balaban J connectivity index is 2.49. The van der Waals surface area contributed by atoms with Crippen molar-refractivity contribution in [3.63, 3.8) is 0 Å². The third kappa shape index (κ3) is 5.10. The number of amides is 1. The van der Waals surface area contributed by atoms with E-state index in [1.807, 2.05) is 26.8 Å². The van der Waals surface area contributed by atoms with E-state index >= 15 is 0 Å². The molecule has 1 amide bonds. The van der Waals surface area contributed by atoms with Crippen molar-refractivity contribution in [3.8, 4) is 5.75 Å². The molecule has 0 fully saturated rings.